The number of hydrogen-bond acceptors (Lipinski definition) is 4. The first-order chi connectivity index (χ1) is 21.1. The van der Waals surface area contributed by atoms with Crippen molar-refractivity contribution in [3.05, 3.63) is 0 Å². The summed E-state index contributed by atoms with van der Waals surface area (Å²) in [6.07, 6.45) is 40.4. The molecule has 0 aromatic carbocycles. The van der Waals surface area contributed by atoms with Gasteiger partial charge in [-0.05, 0) is 18.1 Å². The highest BCUT2D eigenvalue weighted by molar-refractivity contribution is 6.48. The van der Waals surface area contributed by atoms with Gasteiger partial charge in [-0.3, -0.25) is 9.59 Å². The highest BCUT2D eigenvalue weighted by atomic mass is 27.2. The molecular formula is C38H75AlO4. The summed E-state index contributed by atoms with van der Waals surface area (Å²) in [6.45, 7) is 6.51. The standard InChI is InChI=1S/2C18H36O2.C2H5.Al/c2*1-2-3-4-5-6-7-8-9-10-11-12-13-14-15-16-17-18(19)20;1-2;/h2*2-17H2,1H3,(H,19,20);1H2,2H3;/q;;;+2/p-2. The maximum absolute atomic E-state index is 12.3. The van der Waals surface area contributed by atoms with Crippen LogP contribution in [-0.4, -0.2) is 26.8 Å². The number of carbonyl (C=O) groups excluding carboxylic acids is 2. The van der Waals surface area contributed by atoms with Gasteiger partial charge in [0, 0.05) is 12.8 Å². The van der Waals surface area contributed by atoms with Crippen molar-refractivity contribution < 1.29 is 17.2 Å². The van der Waals surface area contributed by atoms with Crippen molar-refractivity contribution in [3.8, 4) is 0 Å². The second-order valence-electron chi connectivity index (χ2n) is 13.2. The minimum Gasteiger partial charge on any atom is -0.585 e. The van der Waals surface area contributed by atoms with Gasteiger partial charge in [-0.2, -0.15) is 0 Å². The molecule has 43 heavy (non-hydrogen) atoms. The number of rotatable bonds is 35. The predicted molar refractivity (Wildman–Crippen MR) is 188 cm³/mol. The smallest absolute Gasteiger partial charge is 0.585 e. The van der Waals surface area contributed by atoms with Crippen LogP contribution in [0.15, 0.2) is 0 Å². The van der Waals surface area contributed by atoms with Crippen molar-refractivity contribution in [2.75, 3.05) is 0 Å². The zero-order valence-electron chi connectivity index (χ0n) is 29.5. The van der Waals surface area contributed by atoms with E-state index in [-0.39, 0.29) is 11.9 Å². The van der Waals surface area contributed by atoms with Crippen molar-refractivity contribution in [1.29, 1.82) is 0 Å². The van der Waals surface area contributed by atoms with Gasteiger partial charge >= 0.3 is 14.8 Å². The molecule has 0 aliphatic heterocycles. The lowest BCUT2D eigenvalue weighted by Gasteiger charge is -2.13. The molecule has 0 amide bonds. The summed E-state index contributed by atoms with van der Waals surface area (Å²) in [5.74, 6) is -0.346. The van der Waals surface area contributed by atoms with Gasteiger partial charge in [0.1, 0.15) is 0 Å². The predicted octanol–water partition coefficient (Wildman–Crippen LogP) is 13.1. The number of carbonyl (C=O) groups is 2. The molecule has 0 aromatic heterocycles. The van der Waals surface area contributed by atoms with E-state index in [9.17, 15) is 9.59 Å². The topological polar surface area (TPSA) is 52.6 Å². The summed E-state index contributed by atoms with van der Waals surface area (Å²) < 4.78 is 11.2. The molecule has 0 aliphatic rings. The van der Waals surface area contributed by atoms with E-state index in [0.717, 1.165) is 25.7 Å². The Labute approximate surface area is 274 Å². The van der Waals surface area contributed by atoms with E-state index in [2.05, 4.69) is 13.8 Å². The fourth-order valence-electron chi connectivity index (χ4n) is 5.88. The molecule has 4 nitrogen and oxygen atoms in total. The van der Waals surface area contributed by atoms with E-state index in [1.54, 1.807) is 0 Å². The lowest BCUT2D eigenvalue weighted by molar-refractivity contribution is -0.140. The molecular weight excluding hydrogens is 547 g/mol. The Morgan fingerprint density at radius 1 is 0.349 bits per heavy atom. The largest absolute Gasteiger partial charge is 0.860 e. The summed E-state index contributed by atoms with van der Waals surface area (Å²) >= 11 is -2.22. The lowest BCUT2D eigenvalue weighted by atomic mass is 10.0. The van der Waals surface area contributed by atoms with Crippen LogP contribution in [0.3, 0.4) is 0 Å². The van der Waals surface area contributed by atoms with Crippen LogP contribution in [0.5, 0.6) is 0 Å². The lowest BCUT2D eigenvalue weighted by Crippen LogP contribution is -2.28. The monoisotopic (exact) mass is 623 g/mol. The summed E-state index contributed by atoms with van der Waals surface area (Å²) in [7, 11) is 0. The van der Waals surface area contributed by atoms with Crippen molar-refractivity contribution in [1.82, 2.24) is 0 Å². The third-order valence-electron chi connectivity index (χ3n) is 8.83. The minimum absolute atomic E-state index is 0.173. The highest BCUT2D eigenvalue weighted by Crippen LogP contribution is 2.16. The molecule has 0 aliphatic carbocycles. The van der Waals surface area contributed by atoms with E-state index in [1.807, 2.05) is 6.92 Å². The van der Waals surface area contributed by atoms with Crippen molar-refractivity contribution in [2.45, 2.75) is 232 Å². The van der Waals surface area contributed by atoms with Crippen LogP contribution in [0.25, 0.3) is 0 Å². The fraction of sp³-hybridized carbons (Fsp3) is 0.947. The molecule has 0 bridgehead atoms. The zero-order chi connectivity index (χ0) is 31.5. The summed E-state index contributed by atoms with van der Waals surface area (Å²) in [6, 6.07) is 0. The molecule has 0 radical (unpaired) electrons. The molecule has 254 valence electrons. The van der Waals surface area contributed by atoms with Crippen molar-refractivity contribution in [3.63, 3.8) is 0 Å². The minimum atomic E-state index is -2.22. The van der Waals surface area contributed by atoms with Crippen molar-refractivity contribution >= 4 is 26.8 Å². The van der Waals surface area contributed by atoms with Gasteiger partial charge in [-0.25, -0.2) is 0 Å². The van der Waals surface area contributed by atoms with Crippen molar-refractivity contribution in [2.24, 2.45) is 0 Å². The molecule has 0 saturated carbocycles. The first kappa shape index (κ1) is 42.5. The van der Waals surface area contributed by atoms with Gasteiger partial charge in [-0.15, -0.1) is 0 Å². The molecule has 0 aromatic rings. The second-order valence-corrected chi connectivity index (χ2v) is 15.4. The normalized spacial score (nSPS) is 11.1. The average Bonchev–Trinajstić information content (AvgIpc) is 3.00. The Bertz CT molecular complexity index is 534. The van der Waals surface area contributed by atoms with Crippen LogP contribution < -0.4 is 0 Å². The van der Waals surface area contributed by atoms with Gasteiger partial charge < -0.3 is 7.58 Å². The second kappa shape index (κ2) is 35.9. The van der Waals surface area contributed by atoms with Gasteiger partial charge in [0.15, 0.2) is 0 Å². The Hall–Kier alpha value is -0.528. The fourth-order valence-corrected chi connectivity index (χ4v) is 7.09. The maximum atomic E-state index is 12.3. The Morgan fingerprint density at radius 2 is 0.558 bits per heavy atom. The van der Waals surface area contributed by atoms with E-state index >= 15 is 0 Å². The maximum Gasteiger partial charge on any atom is 0.860 e. The molecule has 0 atom stereocenters. The number of hydrogen-bond donors (Lipinski definition) is 0. The van der Waals surface area contributed by atoms with Gasteiger partial charge in [0.05, 0.1) is 0 Å². The van der Waals surface area contributed by atoms with E-state index in [1.165, 1.54) is 167 Å². The quantitative estimate of drug-likeness (QED) is 0.0521. The zero-order valence-corrected chi connectivity index (χ0v) is 30.7. The van der Waals surface area contributed by atoms with E-state index in [4.69, 9.17) is 7.58 Å². The van der Waals surface area contributed by atoms with E-state index in [0.29, 0.717) is 18.1 Å². The molecule has 0 fully saturated rings. The van der Waals surface area contributed by atoms with Gasteiger partial charge in [-0.1, -0.05) is 201 Å². The molecule has 0 spiro atoms. The Morgan fingerprint density at radius 3 is 0.767 bits per heavy atom. The third-order valence-corrected chi connectivity index (χ3v) is 10.5. The summed E-state index contributed by atoms with van der Waals surface area (Å²) in [4.78, 5) is 24.5. The molecule has 0 unspecified atom stereocenters. The Kier molecular flexibility index (Phi) is 35.5. The summed E-state index contributed by atoms with van der Waals surface area (Å²) in [5, 5.41) is 0.648. The van der Waals surface area contributed by atoms with Crippen LogP contribution in [0.4, 0.5) is 0 Å². The van der Waals surface area contributed by atoms with Crippen LogP contribution in [0, 0.1) is 0 Å². The first-order valence-electron chi connectivity index (χ1n) is 19.5. The molecule has 0 heterocycles. The Balaban J connectivity index is 3.50. The third kappa shape index (κ3) is 34.2. The first-order valence-corrected chi connectivity index (χ1v) is 21.3. The van der Waals surface area contributed by atoms with Crippen LogP contribution in [0.2, 0.25) is 5.28 Å². The van der Waals surface area contributed by atoms with Crippen LogP contribution >= 0.6 is 0 Å². The summed E-state index contributed by atoms with van der Waals surface area (Å²) in [5.41, 5.74) is 0. The van der Waals surface area contributed by atoms with Gasteiger partial charge in [0.2, 0.25) is 0 Å². The molecule has 5 heteroatoms. The van der Waals surface area contributed by atoms with Crippen LogP contribution in [-0.2, 0) is 17.2 Å². The van der Waals surface area contributed by atoms with Gasteiger partial charge in [0.25, 0.3) is 11.9 Å². The number of unbranched alkanes of at least 4 members (excludes halogenated alkanes) is 28. The van der Waals surface area contributed by atoms with E-state index < -0.39 is 14.8 Å². The SMILES string of the molecule is CCCCCCCCCCCCCCCCCC(=O)[O][Al]([CH2]C)[O]C(=O)CCCCCCCCCCCCCCCCC. The highest BCUT2D eigenvalue weighted by Gasteiger charge is 2.33. The molecule has 0 N–H and O–H groups in total. The van der Waals surface area contributed by atoms with Crippen LogP contribution in [0.1, 0.15) is 226 Å². The molecule has 0 saturated heterocycles. The average molecular weight is 623 g/mol. The molecule has 0 rings (SSSR count).